The molecular weight excluding hydrogens is 326 g/mol. The number of carbonyl (C=O) groups is 1. The average molecular weight is 353 g/mol. The molecule has 0 aliphatic carbocycles. The number of carbonyl (C=O) groups excluding carboxylic acids is 1. The minimum absolute atomic E-state index is 0.169. The molecule has 1 amide bonds. The molecular formula is C16H26BClN4O2. The van der Waals surface area contributed by atoms with Crippen LogP contribution >= 0.6 is 11.6 Å². The highest BCUT2D eigenvalue weighted by molar-refractivity contribution is 6.45. The second kappa shape index (κ2) is 8.18. The smallest absolute Gasteiger partial charge is 0.376 e. The number of pyridine rings is 1. The molecule has 132 valence electrons. The summed E-state index contributed by atoms with van der Waals surface area (Å²) < 4.78 is 0. The third kappa shape index (κ3) is 4.02. The molecule has 1 aliphatic heterocycles. The van der Waals surface area contributed by atoms with Gasteiger partial charge in [0.05, 0.1) is 10.6 Å². The van der Waals surface area contributed by atoms with Gasteiger partial charge in [0, 0.05) is 37.9 Å². The van der Waals surface area contributed by atoms with E-state index in [-0.39, 0.29) is 18.0 Å². The van der Waals surface area contributed by atoms with Gasteiger partial charge in [-0.15, -0.1) is 0 Å². The molecule has 1 aliphatic rings. The standard InChI is InChI=1S/C16H26BClN4O2/c1-5-13-10-21(11(3)9-22(13)17(4)24)15-14(18)7-12(8-20-15)16(23)19-6-2/h7-8,11,13,24H,5-6,9-10H2,1-4H3,(H,19,23)/t11-,13+/m1/s1. The van der Waals surface area contributed by atoms with Crippen molar-refractivity contribution in [2.45, 2.75) is 46.1 Å². The number of nitrogens with one attached hydrogen (secondary N) is 1. The van der Waals surface area contributed by atoms with Gasteiger partial charge in [-0.1, -0.05) is 18.5 Å². The SMILES string of the molecule is CCNC(=O)c1cnc(N2C[C@H](CC)N(B(C)O)C[C@H]2C)c(Cl)c1. The Kier molecular flexibility index (Phi) is 6.49. The van der Waals surface area contributed by atoms with E-state index >= 15 is 0 Å². The van der Waals surface area contributed by atoms with E-state index in [1.165, 1.54) is 0 Å². The summed E-state index contributed by atoms with van der Waals surface area (Å²) in [5.41, 5.74) is 0.466. The number of amides is 1. The van der Waals surface area contributed by atoms with Crippen LogP contribution in [0.5, 0.6) is 0 Å². The highest BCUT2D eigenvalue weighted by Crippen LogP contribution is 2.29. The fourth-order valence-electron chi connectivity index (χ4n) is 3.21. The number of hydrogen-bond acceptors (Lipinski definition) is 5. The summed E-state index contributed by atoms with van der Waals surface area (Å²) in [6.07, 6.45) is 2.50. The van der Waals surface area contributed by atoms with Crippen molar-refractivity contribution in [2.75, 3.05) is 24.5 Å². The normalized spacial score (nSPS) is 21.7. The minimum Gasteiger partial charge on any atom is -0.437 e. The number of nitrogens with zero attached hydrogens (tertiary/aromatic N) is 3. The van der Waals surface area contributed by atoms with E-state index in [1.54, 1.807) is 19.1 Å². The van der Waals surface area contributed by atoms with Gasteiger partial charge in [-0.25, -0.2) is 4.98 Å². The predicted molar refractivity (Wildman–Crippen MR) is 98.7 cm³/mol. The number of aromatic nitrogens is 1. The fourth-order valence-corrected chi connectivity index (χ4v) is 3.48. The van der Waals surface area contributed by atoms with Gasteiger partial charge in [0.1, 0.15) is 5.82 Å². The van der Waals surface area contributed by atoms with Crippen LogP contribution in [-0.2, 0) is 0 Å². The van der Waals surface area contributed by atoms with Gasteiger partial charge < -0.3 is 20.1 Å². The van der Waals surface area contributed by atoms with E-state index in [0.29, 0.717) is 22.9 Å². The van der Waals surface area contributed by atoms with Crippen molar-refractivity contribution in [1.29, 1.82) is 0 Å². The predicted octanol–water partition coefficient (Wildman–Crippen LogP) is 1.88. The molecule has 8 heteroatoms. The largest absolute Gasteiger partial charge is 0.437 e. The number of hydrogen-bond donors (Lipinski definition) is 2. The quantitative estimate of drug-likeness (QED) is 0.792. The molecule has 2 N–H and O–H groups in total. The van der Waals surface area contributed by atoms with E-state index in [9.17, 15) is 9.82 Å². The molecule has 0 bridgehead atoms. The van der Waals surface area contributed by atoms with Crippen molar-refractivity contribution in [3.63, 3.8) is 0 Å². The van der Waals surface area contributed by atoms with Crippen LogP contribution in [0.4, 0.5) is 5.82 Å². The Balaban J connectivity index is 2.23. The first kappa shape index (κ1) is 19.0. The van der Waals surface area contributed by atoms with Crippen molar-refractivity contribution < 1.29 is 9.82 Å². The highest BCUT2D eigenvalue weighted by atomic mass is 35.5. The average Bonchev–Trinajstić information content (AvgIpc) is 2.55. The number of anilines is 1. The lowest BCUT2D eigenvalue weighted by molar-refractivity contribution is 0.0955. The third-order valence-electron chi connectivity index (χ3n) is 4.53. The Hall–Kier alpha value is -1.31. The summed E-state index contributed by atoms with van der Waals surface area (Å²) in [5, 5.41) is 13.2. The first-order chi connectivity index (χ1) is 11.4. The molecule has 6 nitrogen and oxygen atoms in total. The van der Waals surface area contributed by atoms with Crippen LogP contribution in [0.3, 0.4) is 0 Å². The summed E-state index contributed by atoms with van der Waals surface area (Å²) in [6.45, 7) is 9.93. The lowest BCUT2D eigenvalue weighted by atomic mass is 9.80. The van der Waals surface area contributed by atoms with Crippen molar-refractivity contribution in [3.8, 4) is 0 Å². The maximum absolute atomic E-state index is 11.9. The van der Waals surface area contributed by atoms with E-state index in [1.807, 2.05) is 6.92 Å². The molecule has 0 saturated carbocycles. The van der Waals surface area contributed by atoms with Crippen LogP contribution in [0.25, 0.3) is 0 Å². The maximum Gasteiger partial charge on any atom is 0.376 e. The van der Waals surface area contributed by atoms with E-state index in [0.717, 1.165) is 19.5 Å². The lowest BCUT2D eigenvalue weighted by Gasteiger charge is -2.46. The van der Waals surface area contributed by atoms with Crippen LogP contribution in [0.15, 0.2) is 12.3 Å². The summed E-state index contributed by atoms with van der Waals surface area (Å²) >= 11 is 6.41. The molecule has 0 radical (unpaired) electrons. The summed E-state index contributed by atoms with van der Waals surface area (Å²) in [6, 6.07) is 2.08. The second-order valence-electron chi connectivity index (χ2n) is 6.28. The molecule has 1 saturated heterocycles. The van der Waals surface area contributed by atoms with Crippen molar-refractivity contribution >= 4 is 30.4 Å². The molecule has 2 rings (SSSR count). The third-order valence-corrected chi connectivity index (χ3v) is 4.81. The molecule has 0 unspecified atom stereocenters. The zero-order chi connectivity index (χ0) is 17.9. The molecule has 1 fully saturated rings. The zero-order valence-electron chi connectivity index (χ0n) is 14.8. The minimum atomic E-state index is -0.469. The summed E-state index contributed by atoms with van der Waals surface area (Å²) in [5.74, 6) is 0.526. The van der Waals surface area contributed by atoms with Gasteiger partial charge in [-0.2, -0.15) is 0 Å². The molecule has 2 heterocycles. The molecule has 24 heavy (non-hydrogen) atoms. The van der Waals surface area contributed by atoms with Crippen molar-refractivity contribution in [1.82, 2.24) is 15.1 Å². The Morgan fingerprint density at radius 3 is 2.75 bits per heavy atom. The Labute approximate surface area is 149 Å². The second-order valence-corrected chi connectivity index (χ2v) is 6.69. The van der Waals surface area contributed by atoms with E-state index < -0.39 is 7.05 Å². The fraction of sp³-hybridized carbons (Fsp3) is 0.625. The van der Waals surface area contributed by atoms with E-state index in [4.69, 9.17) is 11.6 Å². The molecule has 1 aromatic rings. The van der Waals surface area contributed by atoms with Crippen LogP contribution in [0, 0.1) is 0 Å². The maximum atomic E-state index is 11.9. The molecule has 0 aromatic carbocycles. The zero-order valence-corrected chi connectivity index (χ0v) is 15.5. The van der Waals surface area contributed by atoms with Gasteiger partial charge in [-0.3, -0.25) is 4.79 Å². The number of rotatable bonds is 5. The first-order valence-corrected chi connectivity index (χ1v) is 8.90. The van der Waals surface area contributed by atoms with Crippen molar-refractivity contribution in [2.24, 2.45) is 0 Å². The van der Waals surface area contributed by atoms with Gasteiger partial charge in [0.15, 0.2) is 0 Å². The van der Waals surface area contributed by atoms with Gasteiger partial charge >= 0.3 is 7.05 Å². The monoisotopic (exact) mass is 352 g/mol. The number of halogens is 1. The summed E-state index contributed by atoms with van der Waals surface area (Å²) in [4.78, 5) is 20.6. The van der Waals surface area contributed by atoms with Crippen molar-refractivity contribution in [3.05, 3.63) is 22.8 Å². The Morgan fingerprint density at radius 1 is 1.50 bits per heavy atom. The topological polar surface area (TPSA) is 68.7 Å². The molecule has 2 atom stereocenters. The van der Waals surface area contributed by atoms with Gasteiger partial charge in [0.25, 0.3) is 5.91 Å². The van der Waals surface area contributed by atoms with Crippen LogP contribution in [-0.4, -0.2) is 59.5 Å². The molecule has 0 spiro atoms. The van der Waals surface area contributed by atoms with Gasteiger partial charge in [-0.05, 0) is 33.2 Å². The number of piperazine rings is 1. The van der Waals surface area contributed by atoms with Crippen LogP contribution in [0.2, 0.25) is 11.8 Å². The van der Waals surface area contributed by atoms with Gasteiger partial charge in [0.2, 0.25) is 0 Å². The first-order valence-electron chi connectivity index (χ1n) is 8.53. The Morgan fingerprint density at radius 2 is 2.21 bits per heavy atom. The highest BCUT2D eigenvalue weighted by Gasteiger charge is 2.35. The lowest BCUT2D eigenvalue weighted by Crippen LogP contribution is -2.61. The summed E-state index contributed by atoms with van der Waals surface area (Å²) in [7, 11) is -0.469. The Bertz CT molecular complexity index is 587. The van der Waals surface area contributed by atoms with Crippen LogP contribution < -0.4 is 10.2 Å². The van der Waals surface area contributed by atoms with E-state index in [2.05, 4.69) is 33.9 Å². The van der Waals surface area contributed by atoms with Crippen LogP contribution in [0.1, 0.15) is 37.6 Å². The molecule has 1 aromatic heterocycles.